The lowest BCUT2D eigenvalue weighted by atomic mass is 10.1. The zero-order valence-electron chi connectivity index (χ0n) is 12.2. The molecule has 2 heterocycles. The molecule has 1 aromatic carbocycles. The van der Waals surface area contributed by atoms with Crippen LogP contribution in [0.15, 0.2) is 24.4 Å². The Balaban J connectivity index is 1.96. The van der Waals surface area contributed by atoms with Gasteiger partial charge in [0, 0.05) is 0 Å². The second kappa shape index (κ2) is 5.38. The van der Waals surface area contributed by atoms with Gasteiger partial charge in [-0.3, -0.25) is 4.79 Å². The van der Waals surface area contributed by atoms with E-state index in [4.69, 9.17) is 0 Å². The fourth-order valence-corrected chi connectivity index (χ4v) is 2.22. The number of hydrogen-bond acceptors (Lipinski definition) is 3. The standard InChI is InChI=1S/C15H11F3N4O/c1-7-5-9(6-22-14(7)19-8(2)21-22)20-15(23)10-3-4-11(16)13(18)12(10)17/h3-6H,1-2H3,(H,20,23). The number of aryl methyl sites for hydroxylation is 2. The van der Waals surface area contributed by atoms with E-state index in [-0.39, 0.29) is 0 Å². The molecule has 8 heteroatoms. The van der Waals surface area contributed by atoms with E-state index in [2.05, 4.69) is 15.4 Å². The summed E-state index contributed by atoms with van der Waals surface area (Å²) in [6.07, 6.45) is 1.50. The SMILES string of the molecule is Cc1nc2c(C)cc(NC(=O)c3ccc(F)c(F)c3F)cn2n1. The van der Waals surface area contributed by atoms with Gasteiger partial charge in [0.1, 0.15) is 5.82 Å². The van der Waals surface area contributed by atoms with Crippen molar-refractivity contribution in [1.82, 2.24) is 14.6 Å². The van der Waals surface area contributed by atoms with E-state index in [0.717, 1.165) is 11.6 Å². The van der Waals surface area contributed by atoms with Gasteiger partial charge in [-0.25, -0.2) is 22.7 Å². The minimum absolute atomic E-state index is 0.328. The smallest absolute Gasteiger partial charge is 0.258 e. The topological polar surface area (TPSA) is 59.3 Å². The van der Waals surface area contributed by atoms with Crippen molar-refractivity contribution in [2.75, 3.05) is 5.32 Å². The largest absolute Gasteiger partial charge is 0.320 e. The molecule has 23 heavy (non-hydrogen) atoms. The Hall–Kier alpha value is -2.90. The number of nitrogens with one attached hydrogen (secondary N) is 1. The molecule has 0 spiro atoms. The average Bonchev–Trinajstić information content (AvgIpc) is 2.86. The highest BCUT2D eigenvalue weighted by atomic mass is 19.2. The van der Waals surface area contributed by atoms with Crippen molar-refractivity contribution in [3.05, 3.63) is 58.8 Å². The number of carbonyl (C=O) groups excluding carboxylic acids is 1. The van der Waals surface area contributed by atoms with Crippen LogP contribution in [-0.2, 0) is 0 Å². The number of rotatable bonds is 2. The molecule has 0 aliphatic heterocycles. The molecule has 5 nitrogen and oxygen atoms in total. The molecule has 118 valence electrons. The monoisotopic (exact) mass is 320 g/mol. The molecule has 0 atom stereocenters. The zero-order valence-corrected chi connectivity index (χ0v) is 12.2. The molecule has 0 fully saturated rings. The highest BCUT2D eigenvalue weighted by Crippen LogP contribution is 2.19. The molecule has 0 radical (unpaired) electrons. The van der Waals surface area contributed by atoms with Gasteiger partial charge in [-0.15, -0.1) is 0 Å². The van der Waals surface area contributed by atoms with Crippen molar-refractivity contribution < 1.29 is 18.0 Å². The Kier molecular flexibility index (Phi) is 3.51. The molecule has 0 aliphatic rings. The molecule has 2 aromatic heterocycles. The number of carbonyl (C=O) groups is 1. The molecule has 0 bridgehead atoms. The van der Waals surface area contributed by atoms with Crippen LogP contribution in [0, 0.1) is 31.3 Å². The van der Waals surface area contributed by atoms with Gasteiger partial charge in [0.05, 0.1) is 17.4 Å². The zero-order chi connectivity index (χ0) is 16.7. The van der Waals surface area contributed by atoms with Gasteiger partial charge in [-0.1, -0.05) is 0 Å². The van der Waals surface area contributed by atoms with Gasteiger partial charge in [-0.05, 0) is 37.6 Å². The van der Waals surface area contributed by atoms with E-state index in [0.29, 0.717) is 23.2 Å². The third kappa shape index (κ3) is 2.63. The number of benzene rings is 1. The quantitative estimate of drug-likeness (QED) is 0.738. The summed E-state index contributed by atoms with van der Waals surface area (Å²) in [7, 11) is 0. The van der Waals surface area contributed by atoms with E-state index in [1.807, 2.05) is 0 Å². The maximum absolute atomic E-state index is 13.6. The van der Waals surface area contributed by atoms with Gasteiger partial charge < -0.3 is 5.32 Å². The minimum Gasteiger partial charge on any atom is -0.320 e. The lowest BCUT2D eigenvalue weighted by molar-refractivity contribution is 0.102. The van der Waals surface area contributed by atoms with Crippen LogP contribution in [0.25, 0.3) is 5.65 Å². The molecule has 3 rings (SSSR count). The van der Waals surface area contributed by atoms with Gasteiger partial charge in [0.15, 0.2) is 23.1 Å². The minimum atomic E-state index is -1.68. The summed E-state index contributed by atoms with van der Waals surface area (Å²) in [6, 6.07) is 3.20. The van der Waals surface area contributed by atoms with Crippen LogP contribution in [0.1, 0.15) is 21.7 Å². The van der Waals surface area contributed by atoms with Crippen molar-refractivity contribution in [3.8, 4) is 0 Å². The van der Waals surface area contributed by atoms with E-state index in [1.54, 1.807) is 19.9 Å². The van der Waals surface area contributed by atoms with Crippen molar-refractivity contribution in [2.45, 2.75) is 13.8 Å². The molecule has 0 saturated carbocycles. The summed E-state index contributed by atoms with van der Waals surface area (Å²) in [5.74, 6) is -4.90. The van der Waals surface area contributed by atoms with E-state index in [1.165, 1.54) is 10.7 Å². The van der Waals surface area contributed by atoms with Crippen LogP contribution in [0.4, 0.5) is 18.9 Å². The van der Waals surface area contributed by atoms with Crippen molar-refractivity contribution >= 4 is 17.2 Å². The Morgan fingerprint density at radius 3 is 2.65 bits per heavy atom. The summed E-state index contributed by atoms with van der Waals surface area (Å²) in [5.41, 5.74) is 1.11. The molecule has 1 N–H and O–H groups in total. The third-order valence-electron chi connectivity index (χ3n) is 3.26. The summed E-state index contributed by atoms with van der Waals surface area (Å²) >= 11 is 0. The second-order valence-corrected chi connectivity index (χ2v) is 5.02. The highest BCUT2D eigenvalue weighted by molar-refractivity contribution is 6.04. The van der Waals surface area contributed by atoms with Crippen LogP contribution in [0.3, 0.4) is 0 Å². The first-order valence-corrected chi connectivity index (χ1v) is 6.65. The number of fused-ring (bicyclic) bond motifs is 1. The average molecular weight is 320 g/mol. The maximum atomic E-state index is 13.6. The second-order valence-electron chi connectivity index (χ2n) is 5.02. The lowest BCUT2D eigenvalue weighted by Gasteiger charge is -2.08. The van der Waals surface area contributed by atoms with Gasteiger partial charge in [-0.2, -0.15) is 5.10 Å². The van der Waals surface area contributed by atoms with Crippen LogP contribution in [0.5, 0.6) is 0 Å². The van der Waals surface area contributed by atoms with Crippen LogP contribution in [-0.4, -0.2) is 20.5 Å². The van der Waals surface area contributed by atoms with Crippen molar-refractivity contribution in [3.63, 3.8) is 0 Å². The molecular formula is C15H11F3N4O. The fraction of sp³-hybridized carbons (Fsp3) is 0.133. The normalized spacial score (nSPS) is 11.0. The van der Waals surface area contributed by atoms with E-state index < -0.39 is 28.9 Å². The summed E-state index contributed by atoms with van der Waals surface area (Å²) in [5, 5.41) is 6.56. The molecule has 1 amide bonds. The number of pyridine rings is 1. The number of anilines is 1. The van der Waals surface area contributed by atoms with Crippen LogP contribution in [0.2, 0.25) is 0 Å². The van der Waals surface area contributed by atoms with Gasteiger partial charge >= 0.3 is 0 Å². The van der Waals surface area contributed by atoms with Gasteiger partial charge in [0.2, 0.25) is 0 Å². The van der Waals surface area contributed by atoms with Crippen LogP contribution >= 0.6 is 0 Å². The number of hydrogen-bond donors (Lipinski definition) is 1. The molecular weight excluding hydrogens is 309 g/mol. The van der Waals surface area contributed by atoms with E-state index in [9.17, 15) is 18.0 Å². The predicted octanol–water partition coefficient (Wildman–Crippen LogP) is 3.02. The number of amides is 1. The Morgan fingerprint density at radius 1 is 1.17 bits per heavy atom. The first kappa shape index (κ1) is 15.0. The van der Waals surface area contributed by atoms with E-state index >= 15 is 0 Å². The third-order valence-corrected chi connectivity index (χ3v) is 3.26. The number of aromatic nitrogens is 3. The lowest BCUT2D eigenvalue weighted by Crippen LogP contribution is -2.15. The first-order chi connectivity index (χ1) is 10.9. The Morgan fingerprint density at radius 2 is 1.91 bits per heavy atom. The number of nitrogens with zero attached hydrogens (tertiary/aromatic N) is 3. The van der Waals surface area contributed by atoms with Crippen molar-refractivity contribution in [1.29, 1.82) is 0 Å². The van der Waals surface area contributed by atoms with Gasteiger partial charge in [0.25, 0.3) is 5.91 Å². The first-order valence-electron chi connectivity index (χ1n) is 6.65. The van der Waals surface area contributed by atoms with Crippen molar-refractivity contribution in [2.24, 2.45) is 0 Å². The molecule has 0 saturated heterocycles. The molecule has 3 aromatic rings. The Bertz CT molecular complexity index is 936. The summed E-state index contributed by atoms with van der Waals surface area (Å²) in [4.78, 5) is 16.3. The summed E-state index contributed by atoms with van der Waals surface area (Å²) < 4.78 is 41.2. The molecule has 0 aliphatic carbocycles. The summed E-state index contributed by atoms with van der Waals surface area (Å²) in [6.45, 7) is 3.50. The number of halogens is 3. The molecule has 0 unspecified atom stereocenters. The van der Waals surface area contributed by atoms with Crippen LogP contribution < -0.4 is 5.32 Å². The predicted molar refractivity (Wildman–Crippen MR) is 76.7 cm³/mol. The Labute approximate surface area is 128 Å². The highest BCUT2D eigenvalue weighted by Gasteiger charge is 2.19. The fourth-order valence-electron chi connectivity index (χ4n) is 2.22. The maximum Gasteiger partial charge on any atom is 0.258 e.